The number of hydrogen-bond donors (Lipinski definition) is 1. The highest BCUT2D eigenvalue weighted by Gasteiger charge is 2.57. The highest BCUT2D eigenvalue weighted by molar-refractivity contribution is 7.99. The molecule has 0 aromatic heterocycles. The van der Waals surface area contributed by atoms with E-state index in [1.807, 2.05) is 25.7 Å². The maximum Gasteiger partial charge on any atom is 0.410 e. The van der Waals surface area contributed by atoms with E-state index in [2.05, 4.69) is 24.0 Å². The summed E-state index contributed by atoms with van der Waals surface area (Å²) in [5, 5.41) is 4.58. The van der Waals surface area contributed by atoms with E-state index < -0.39 is 5.60 Å². The molecular weight excluding hydrogens is 284 g/mol. The van der Waals surface area contributed by atoms with Crippen molar-refractivity contribution in [2.45, 2.75) is 63.5 Å². The van der Waals surface area contributed by atoms with Gasteiger partial charge in [-0.05, 0) is 51.2 Å². The summed E-state index contributed by atoms with van der Waals surface area (Å²) in [4.78, 5) is 13.9. The quantitative estimate of drug-likeness (QED) is 0.851. The largest absolute Gasteiger partial charge is 0.444 e. The van der Waals surface area contributed by atoms with Gasteiger partial charge in [0.25, 0.3) is 0 Å². The van der Waals surface area contributed by atoms with E-state index in [4.69, 9.17) is 4.74 Å². The molecule has 1 amide bonds. The summed E-state index contributed by atoms with van der Waals surface area (Å²) in [5.41, 5.74) is -0.393. The number of carbonyl (C=O) groups is 1. The van der Waals surface area contributed by atoms with E-state index in [0.717, 1.165) is 18.3 Å². The molecule has 4 atom stereocenters. The summed E-state index contributed by atoms with van der Waals surface area (Å²) < 4.78 is 5.46. The highest BCUT2D eigenvalue weighted by atomic mass is 32.2. The molecule has 2 saturated heterocycles. The Kier molecular flexibility index (Phi) is 4.17. The van der Waals surface area contributed by atoms with Crippen LogP contribution < -0.4 is 5.32 Å². The van der Waals surface area contributed by atoms with Gasteiger partial charge in [0.2, 0.25) is 0 Å². The first kappa shape index (κ1) is 15.5. The number of carbonyl (C=O) groups excluding carboxylic acids is 1. The zero-order valence-electron chi connectivity index (χ0n) is 13.6. The number of rotatable bonds is 2. The minimum Gasteiger partial charge on any atom is -0.444 e. The summed E-state index contributed by atoms with van der Waals surface area (Å²) in [6.45, 7) is 9.85. The SMILES string of the molecule is CC1SCCCC1NC1C2CN(C(=O)OC(C)(C)C)CC21. The number of likely N-dealkylation sites (tertiary alicyclic amines) is 1. The minimum absolute atomic E-state index is 0.143. The Bertz CT molecular complexity index is 398. The third kappa shape index (κ3) is 3.50. The van der Waals surface area contributed by atoms with Crippen LogP contribution in [0.2, 0.25) is 0 Å². The van der Waals surface area contributed by atoms with E-state index in [9.17, 15) is 4.79 Å². The van der Waals surface area contributed by atoms with Gasteiger partial charge in [-0.15, -0.1) is 0 Å². The second kappa shape index (κ2) is 5.65. The standard InChI is InChI=1S/C16H28N2O2S/c1-10-13(6-5-7-21-10)17-14-11-8-18(9-12(11)14)15(19)20-16(2,3)4/h10-14,17H,5-9H2,1-4H3. The van der Waals surface area contributed by atoms with Crippen LogP contribution in [0.4, 0.5) is 4.79 Å². The van der Waals surface area contributed by atoms with Crippen molar-refractivity contribution in [3.05, 3.63) is 0 Å². The molecule has 1 aliphatic carbocycles. The second-order valence-electron chi connectivity index (χ2n) is 7.73. The van der Waals surface area contributed by atoms with Gasteiger partial charge in [0.1, 0.15) is 5.60 Å². The maximum atomic E-state index is 12.1. The van der Waals surface area contributed by atoms with Crippen molar-refractivity contribution >= 4 is 17.9 Å². The lowest BCUT2D eigenvalue weighted by Gasteiger charge is -2.31. The fourth-order valence-electron chi connectivity index (χ4n) is 3.64. The Morgan fingerprint density at radius 1 is 1.29 bits per heavy atom. The first-order valence-electron chi connectivity index (χ1n) is 8.21. The zero-order chi connectivity index (χ0) is 15.2. The molecule has 0 aromatic carbocycles. The lowest BCUT2D eigenvalue weighted by atomic mass is 10.1. The molecule has 3 aliphatic rings. The van der Waals surface area contributed by atoms with Gasteiger partial charge in [-0.1, -0.05) is 6.92 Å². The van der Waals surface area contributed by atoms with Crippen LogP contribution in [-0.4, -0.2) is 52.8 Å². The van der Waals surface area contributed by atoms with Crippen LogP contribution in [0.15, 0.2) is 0 Å². The number of hydrogen-bond acceptors (Lipinski definition) is 4. The van der Waals surface area contributed by atoms with Crippen LogP contribution >= 0.6 is 11.8 Å². The van der Waals surface area contributed by atoms with Gasteiger partial charge in [-0.25, -0.2) is 4.79 Å². The molecule has 120 valence electrons. The van der Waals surface area contributed by atoms with Crippen LogP contribution in [0.3, 0.4) is 0 Å². The van der Waals surface area contributed by atoms with Crippen molar-refractivity contribution in [2.75, 3.05) is 18.8 Å². The van der Waals surface area contributed by atoms with Gasteiger partial charge < -0.3 is 15.0 Å². The number of amides is 1. The van der Waals surface area contributed by atoms with E-state index in [0.29, 0.717) is 23.9 Å². The number of piperidine rings is 1. The Morgan fingerprint density at radius 3 is 2.52 bits per heavy atom. The normalized spacial score (nSPS) is 39.0. The van der Waals surface area contributed by atoms with Gasteiger partial charge >= 0.3 is 6.09 Å². The molecule has 3 fully saturated rings. The molecule has 2 aliphatic heterocycles. The monoisotopic (exact) mass is 312 g/mol. The average molecular weight is 312 g/mol. The van der Waals surface area contributed by atoms with Gasteiger partial charge in [-0.3, -0.25) is 0 Å². The van der Waals surface area contributed by atoms with E-state index in [1.54, 1.807) is 0 Å². The van der Waals surface area contributed by atoms with Crippen LogP contribution in [-0.2, 0) is 4.74 Å². The fourth-order valence-corrected chi connectivity index (χ4v) is 4.79. The van der Waals surface area contributed by atoms with E-state index in [1.165, 1.54) is 18.6 Å². The van der Waals surface area contributed by atoms with Crippen molar-refractivity contribution in [2.24, 2.45) is 11.8 Å². The topological polar surface area (TPSA) is 41.6 Å². The van der Waals surface area contributed by atoms with Gasteiger partial charge in [-0.2, -0.15) is 11.8 Å². The second-order valence-corrected chi connectivity index (χ2v) is 9.22. The fraction of sp³-hybridized carbons (Fsp3) is 0.938. The summed E-state index contributed by atoms with van der Waals surface area (Å²) in [6, 6.07) is 1.30. The van der Waals surface area contributed by atoms with Crippen LogP contribution in [0.5, 0.6) is 0 Å². The summed E-state index contributed by atoms with van der Waals surface area (Å²) in [6.07, 6.45) is 2.49. The maximum absolute atomic E-state index is 12.1. The predicted octanol–water partition coefficient (Wildman–Crippen LogP) is 2.73. The highest BCUT2D eigenvalue weighted by Crippen LogP contribution is 2.46. The molecule has 4 nitrogen and oxygen atoms in total. The van der Waals surface area contributed by atoms with Crippen LogP contribution in [0, 0.1) is 11.8 Å². The molecule has 3 rings (SSSR count). The molecule has 0 aromatic rings. The number of nitrogens with one attached hydrogen (secondary N) is 1. The number of ether oxygens (including phenoxy) is 1. The van der Waals surface area contributed by atoms with E-state index in [-0.39, 0.29) is 6.09 Å². The molecule has 5 heteroatoms. The minimum atomic E-state index is -0.393. The average Bonchev–Trinajstić information content (AvgIpc) is 2.83. The molecular formula is C16H28N2O2S. The Morgan fingerprint density at radius 2 is 1.95 bits per heavy atom. The first-order valence-corrected chi connectivity index (χ1v) is 9.25. The van der Waals surface area contributed by atoms with Crippen LogP contribution in [0.25, 0.3) is 0 Å². The molecule has 21 heavy (non-hydrogen) atoms. The Balaban J connectivity index is 1.45. The summed E-state index contributed by atoms with van der Waals surface area (Å²) in [5.74, 6) is 2.61. The Labute approximate surface area is 132 Å². The molecule has 4 unspecified atom stereocenters. The van der Waals surface area contributed by atoms with Crippen molar-refractivity contribution in [3.8, 4) is 0 Å². The van der Waals surface area contributed by atoms with Gasteiger partial charge in [0, 0.05) is 30.4 Å². The third-order valence-electron chi connectivity index (χ3n) is 4.86. The lowest BCUT2D eigenvalue weighted by molar-refractivity contribution is 0.0268. The predicted molar refractivity (Wildman–Crippen MR) is 86.7 cm³/mol. The van der Waals surface area contributed by atoms with Crippen molar-refractivity contribution in [3.63, 3.8) is 0 Å². The molecule has 0 radical (unpaired) electrons. The van der Waals surface area contributed by atoms with Crippen molar-refractivity contribution < 1.29 is 9.53 Å². The zero-order valence-corrected chi connectivity index (χ0v) is 14.4. The Hall–Kier alpha value is -0.420. The summed E-state index contributed by atoms with van der Waals surface area (Å²) in [7, 11) is 0. The smallest absolute Gasteiger partial charge is 0.410 e. The number of nitrogens with zero attached hydrogens (tertiary/aromatic N) is 1. The molecule has 1 saturated carbocycles. The number of fused-ring (bicyclic) bond motifs is 1. The van der Waals surface area contributed by atoms with Gasteiger partial charge in [0.15, 0.2) is 0 Å². The number of thioether (sulfide) groups is 1. The lowest BCUT2D eigenvalue weighted by Crippen LogP contribution is -2.44. The van der Waals surface area contributed by atoms with E-state index >= 15 is 0 Å². The molecule has 1 N–H and O–H groups in total. The molecule has 2 heterocycles. The van der Waals surface area contributed by atoms with Crippen molar-refractivity contribution in [1.29, 1.82) is 0 Å². The molecule has 0 spiro atoms. The summed E-state index contributed by atoms with van der Waals surface area (Å²) >= 11 is 2.09. The van der Waals surface area contributed by atoms with Crippen LogP contribution in [0.1, 0.15) is 40.5 Å². The third-order valence-corrected chi connectivity index (χ3v) is 6.24. The molecule has 0 bridgehead atoms. The van der Waals surface area contributed by atoms with Gasteiger partial charge in [0.05, 0.1) is 0 Å². The van der Waals surface area contributed by atoms with Crippen molar-refractivity contribution in [1.82, 2.24) is 10.2 Å². The first-order chi connectivity index (χ1) is 9.85.